The molecule has 0 saturated heterocycles. The minimum atomic E-state index is -3.91. The topological polar surface area (TPSA) is 66.5 Å². The molecule has 7 heteroatoms. The zero-order valence-electron chi connectivity index (χ0n) is 17.3. The van der Waals surface area contributed by atoms with Crippen LogP contribution in [0.2, 0.25) is 5.02 Å². The molecule has 160 valence electrons. The SMILES string of the molecule is Cc1ccc(NC(=O)[C@@H]2Cc3ccccc3CN2S(=O)(=O)c2ccc(Cl)cc2)c(C)c1. The maximum atomic E-state index is 13.5. The number of fused-ring (bicyclic) bond motifs is 1. The number of halogens is 1. The number of hydrogen-bond acceptors (Lipinski definition) is 3. The van der Waals surface area contributed by atoms with E-state index in [1.807, 2.05) is 56.3 Å². The normalized spacial score (nSPS) is 16.5. The van der Waals surface area contributed by atoms with Crippen molar-refractivity contribution in [3.05, 3.63) is 94.0 Å². The van der Waals surface area contributed by atoms with Crippen molar-refractivity contribution >= 4 is 33.2 Å². The summed E-state index contributed by atoms with van der Waals surface area (Å²) in [5.74, 6) is -0.348. The third-order valence-corrected chi connectivity index (χ3v) is 7.69. The highest BCUT2D eigenvalue weighted by molar-refractivity contribution is 7.89. The zero-order chi connectivity index (χ0) is 22.2. The Morgan fingerprint density at radius 2 is 1.68 bits per heavy atom. The smallest absolute Gasteiger partial charge is 0.244 e. The predicted octanol–water partition coefficient (Wildman–Crippen LogP) is 4.71. The molecule has 0 saturated carbocycles. The quantitative estimate of drug-likeness (QED) is 0.620. The first kappa shape index (κ1) is 21.6. The van der Waals surface area contributed by atoms with Crippen LogP contribution in [0.25, 0.3) is 0 Å². The van der Waals surface area contributed by atoms with Gasteiger partial charge in [0, 0.05) is 17.3 Å². The van der Waals surface area contributed by atoms with E-state index in [1.54, 1.807) is 0 Å². The van der Waals surface area contributed by atoms with Crippen LogP contribution in [0.3, 0.4) is 0 Å². The van der Waals surface area contributed by atoms with Gasteiger partial charge in [0.25, 0.3) is 0 Å². The summed E-state index contributed by atoms with van der Waals surface area (Å²) in [7, 11) is -3.91. The van der Waals surface area contributed by atoms with Gasteiger partial charge in [0.1, 0.15) is 6.04 Å². The first-order valence-corrected chi connectivity index (χ1v) is 11.8. The minimum absolute atomic E-state index is 0.112. The van der Waals surface area contributed by atoms with Gasteiger partial charge in [-0.15, -0.1) is 0 Å². The fourth-order valence-electron chi connectivity index (χ4n) is 3.89. The summed E-state index contributed by atoms with van der Waals surface area (Å²) in [6.45, 7) is 4.03. The lowest BCUT2D eigenvalue weighted by Gasteiger charge is -2.35. The van der Waals surface area contributed by atoms with Gasteiger partial charge in [0.15, 0.2) is 0 Å². The molecular formula is C24H23ClN2O3S. The van der Waals surface area contributed by atoms with Gasteiger partial charge < -0.3 is 5.32 Å². The largest absolute Gasteiger partial charge is 0.324 e. The van der Waals surface area contributed by atoms with E-state index in [0.29, 0.717) is 17.1 Å². The first-order valence-electron chi connectivity index (χ1n) is 9.98. The van der Waals surface area contributed by atoms with Gasteiger partial charge in [-0.25, -0.2) is 8.42 Å². The summed E-state index contributed by atoms with van der Waals surface area (Å²) in [6, 6.07) is 18.5. The second kappa shape index (κ2) is 8.46. The van der Waals surface area contributed by atoms with Gasteiger partial charge in [-0.3, -0.25) is 4.79 Å². The van der Waals surface area contributed by atoms with Crippen molar-refractivity contribution in [1.29, 1.82) is 0 Å². The van der Waals surface area contributed by atoms with E-state index in [9.17, 15) is 13.2 Å². The van der Waals surface area contributed by atoms with Crippen LogP contribution in [0.1, 0.15) is 22.3 Å². The lowest BCUT2D eigenvalue weighted by atomic mass is 9.95. The Balaban J connectivity index is 1.72. The first-order chi connectivity index (χ1) is 14.8. The molecule has 5 nitrogen and oxygen atoms in total. The fraction of sp³-hybridized carbons (Fsp3) is 0.208. The van der Waals surface area contributed by atoms with Crippen molar-refractivity contribution in [2.75, 3.05) is 5.32 Å². The Hall–Kier alpha value is -2.67. The molecule has 3 aromatic rings. The standard InChI is InChI=1S/C24H23ClN2O3S/c1-16-7-12-22(17(2)13-16)26-24(28)23-14-18-5-3-4-6-19(18)15-27(23)31(29,30)21-10-8-20(25)9-11-21/h3-13,23H,14-15H2,1-2H3,(H,26,28)/t23-/m0/s1. The van der Waals surface area contributed by atoms with Crippen LogP contribution in [0, 0.1) is 13.8 Å². The summed E-state index contributed by atoms with van der Waals surface area (Å²) >= 11 is 5.94. The summed E-state index contributed by atoms with van der Waals surface area (Å²) in [4.78, 5) is 13.4. The maximum Gasteiger partial charge on any atom is 0.244 e. The molecule has 0 unspecified atom stereocenters. The van der Waals surface area contributed by atoms with E-state index in [1.165, 1.54) is 28.6 Å². The highest BCUT2D eigenvalue weighted by Gasteiger charge is 2.39. The van der Waals surface area contributed by atoms with Gasteiger partial charge >= 0.3 is 0 Å². The monoisotopic (exact) mass is 454 g/mol. The number of rotatable bonds is 4. The Labute approximate surface area is 187 Å². The van der Waals surface area contributed by atoms with Gasteiger partial charge in [0.05, 0.1) is 4.90 Å². The van der Waals surface area contributed by atoms with Crippen molar-refractivity contribution < 1.29 is 13.2 Å². The molecule has 1 N–H and O–H groups in total. The molecule has 31 heavy (non-hydrogen) atoms. The average molecular weight is 455 g/mol. The highest BCUT2D eigenvalue weighted by Crippen LogP contribution is 2.30. The lowest BCUT2D eigenvalue weighted by molar-refractivity contribution is -0.120. The van der Waals surface area contributed by atoms with Gasteiger partial charge in [-0.05, 0) is 67.3 Å². The van der Waals surface area contributed by atoms with Crippen molar-refractivity contribution in [2.24, 2.45) is 0 Å². The van der Waals surface area contributed by atoms with E-state index >= 15 is 0 Å². The third-order valence-electron chi connectivity index (χ3n) is 5.57. The van der Waals surface area contributed by atoms with Crippen molar-refractivity contribution in [1.82, 2.24) is 4.31 Å². The van der Waals surface area contributed by atoms with E-state index in [2.05, 4.69) is 5.32 Å². The van der Waals surface area contributed by atoms with E-state index < -0.39 is 16.1 Å². The molecule has 0 spiro atoms. The van der Waals surface area contributed by atoms with Crippen molar-refractivity contribution in [2.45, 2.75) is 37.8 Å². The number of hydrogen-bond donors (Lipinski definition) is 1. The molecule has 0 aliphatic carbocycles. The Kier molecular flexibility index (Phi) is 5.88. The van der Waals surface area contributed by atoms with Gasteiger partial charge in [-0.2, -0.15) is 4.31 Å². The maximum absolute atomic E-state index is 13.5. The number of nitrogens with one attached hydrogen (secondary N) is 1. The Bertz CT molecular complexity index is 1240. The molecule has 1 aliphatic heterocycles. The molecule has 1 atom stereocenters. The number of anilines is 1. The second-order valence-corrected chi connectivity index (χ2v) is 10.1. The highest BCUT2D eigenvalue weighted by atomic mass is 35.5. The van der Waals surface area contributed by atoms with Crippen LogP contribution in [0.5, 0.6) is 0 Å². The molecule has 0 bridgehead atoms. The van der Waals surface area contributed by atoms with Crippen LogP contribution in [-0.2, 0) is 27.8 Å². The summed E-state index contributed by atoms with van der Waals surface area (Å²) in [5.41, 5.74) is 4.57. The number of aryl methyl sites for hydroxylation is 2. The number of benzene rings is 3. The van der Waals surface area contributed by atoms with Crippen LogP contribution in [0.15, 0.2) is 71.6 Å². The Morgan fingerprint density at radius 1 is 1.00 bits per heavy atom. The number of amides is 1. The summed E-state index contributed by atoms with van der Waals surface area (Å²) in [6.07, 6.45) is 0.305. The Morgan fingerprint density at radius 3 is 2.35 bits per heavy atom. The predicted molar refractivity (Wildman–Crippen MR) is 123 cm³/mol. The van der Waals surface area contributed by atoms with Crippen LogP contribution < -0.4 is 5.32 Å². The minimum Gasteiger partial charge on any atom is -0.324 e. The number of carbonyl (C=O) groups excluding carboxylic acids is 1. The molecule has 1 heterocycles. The molecule has 0 aromatic heterocycles. The van der Waals surface area contributed by atoms with Gasteiger partial charge in [-0.1, -0.05) is 53.6 Å². The van der Waals surface area contributed by atoms with Crippen molar-refractivity contribution in [3.8, 4) is 0 Å². The molecule has 3 aromatic carbocycles. The van der Waals surface area contributed by atoms with E-state index in [0.717, 1.165) is 22.3 Å². The molecule has 0 fully saturated rings. The molecule has 0 radical (unpaired) electrons. The fourth-order valence-corrected chi connectivity index (χ4v) is 5.58. The lowest BCUT2D eigenvalue weighted by Crippen LogP contribution is -2.50. The number of carbonyl (C=O) groups is 1. The van der Waals surface area contributed by atoms with E-state index in [4.69, 9.17) is 11.6 Å². The number of nitrogens with zero attached hydrogens (tertiary/aromatic N) is 1. The summed E-state index contributed by atoms with van der Waals surface area (Å²) < 4.78 is 28.3. The molecular weight excluding hydrogens is 432 g/mol. The number of sulfonamides is 1. The van der Waals surface area contributed by atoms with Crippen LogP contribution in [0.4, 0.5) is 5.69 Å². The molecule has 1 amide bonds. The van der Waals surface area contributed by atoms with Gasteiger partial charge in [0.2, 0.25) is 15.9 Å². The zero-order valence-corrected chi connectivity index (χ0v) is 18.9. The molecule has 4 rings (SSSR count). The van der Waals surface area contributed by atoms with Crippen LogP contribution in [-0.4, -0.2) is 24.7 Å². The average Bonchev–Trinajstić information content (AvgIpc) is 2.75. The molecule has 1 aliphatic rings. The third kappa shape index (κ3) is 4.37. The summed E-state index contributed by atoms with van der Waals surface area (Å²) in [5, 5.41) is 3.39. The van der Waals surface area contributed by atoms with Crippen molar-refractivity contribution in [3.63, 3.8) is 0 Å². The van der Waals surface area contributed by atoms with Crippen LogP contribution >= 0.6 is 11.6 Å². The second-order valence-electron chi connectivity index (χ2n) is 7.80. The van der Waals surface area contributed by atoms with E-state index in [-0.39, 0.29) is 17.3 Å².